The molecule has 0 fully saturated rings. The van der Waals surface area contributed by atoms with Crippen LogP contribution in [0.2, 0.25) is 0 Å². The molecular formula is C25H18O2. The fourth-order valence-corrected chi connectivity index (χ4v) is 3.13. The SMILES string of the molecule is O=C(Oc1ccccc1)c1ccccc1-c1ccccc1-c1ccccc1. The van der Waals surface area contributed by atoms with Crippen LogP contribution < -0.4 is 4.74 Å². The molecule has 27 heavy (non-hydrogen) atoms. The molecule has 0 saturated heterocycles. The van der Waals surface area contributed by atoms with Crippen molar-refractivity contribution in [3.63, 3.8) is 0 Å². The van der Waals surface area contributed by atoms with Crippen LogP contribution in [0.1, 0.15) is 10.4 Å². The Kier molecular flexibility index (Phi) is 4.80. The summed E-state index contributed by atoms with van der Waals surface area (Å²) in [5, 5.41) is 0. The van der Waals surface area contributed by atoms with Gasteiger partial charge in [-0.15, -0.1) is 0 Å². The summed E-state index contributed by atoms with van der Waals surface area (Å²) in [6.07, 6.45) is 0. The Morgan fingerprint density at radius 3 is 1.74 bits per heavy atom. The smallest absolute Gasteiger partial charge is 0.344 e. The van der Waals surface area contributed by atoms with E-state index in [9.17, 15) is 4.79 Å². The van der Waals surface area contributed by atoms with Gasteiger partial charge in [0.25, 0.3) is 0 Å². The molecule has 2 heteroatoms. The Balaban J connectivity index is 1.78. The highest BCUT2D eigenvalue weighted by Gasteiger charge is 2.17. The van der Waals surface area contributed by atoms with Gasteiger partial charge in [-0.25, -0.2) is 4.79 Å². The van der Waals surface area contributed by atoms with Crippen molar-refractivity contribution in [1.82, 2.24) is 0 Å². The Morgan fingerprint density at radius 1 is 0.519 bits per heavy atom. The summed E-state index contributed by atoms with van der Waals surface area (Å²) in [5.74, 6) is 0.174. The maximum absolute atomic E-state index is 12.8. The molecule has 0 atom stereocenters. The van der Waals surface area contributed by atoms with E-state index in [0.717, 1.165) is 22.3 Å². The van der Waals surface area contributed by atoms with Crippen molar-refractivity contribution in [2.45, 2.75) is 0 Å². The number of carbonyl (C=O) groups excluding carboxylic acids is 1. The van der Waals surface area contributed by atoms with Gasteiger partial charge in [0.1, 0.15) is 5.75 Å². The highest BCUT2D eigenvalue weighted by atomic mass is 16.5. The molecule has 0 aliphatic rings. The van der Waals surface area contributed by atoms with Gasteiger partial charge in [-0.2, -0.15) is 0 Å². The van der Waals surface area contributed by atoms with Crippen LogP contribution in [0.4, 0.5) is 0 Å². The first-order chi connectivity index (χ1) is 13.3. The number of carbonyl (C=O) groups is 1. The number of benzene rings is 4. The quantitative estimate of drug-likeness (QED) is 0.322. The minimum absolute atomic E-state index is 0.361. The molecule has 0 radical (unpaired) electrons. The minimum Gasteiger partial charge on any atom is -0.423 e. The molecular weight excluding hydrogens is 332 g/mol. The van der Waals surface area contributed by atoms with Gasteiger partial charge in [0.05, 0.1) is 5.56 Å². The second-order valence-corrected chi connectivity index (χ2v) is 6.16. The van der Waals surface area contributed by atoms with E-state index in [-0.39, 0.29) is 5.97 Å². The molecule has 4 aromatic carbocycles. The second-order valence-electron chi connectivity index (χ2n) is 6.16. The predicted octanol–water partition coefficient (Wildman–Crippen LogP) is 6.24. The van der Waals surface area contributed by atoms with E-state index in [1.807, 2.05) is 78.9 Å². The van der Waals surface area contributed by atoms with E-state index in [4.69, 9.17) is 4.74 Å². The summed E-state index contributed by atoms with van der Waals surface area (Å²) in [6, 6.07) is 35.0. The number of esters is 1. The van der Waals surface area contributed by atoms with E-state index in [0.29, 0.717) is 11.3 Å². The number of rotatable bonds is 4. The summed E-state index contributed by atoms with van der Waals surface area (Å²) >= 11 is 0. The average molecular weight is 350 g/mol. The molecule has 0 heterocycles. The molecule has 4 rings (SSSR count). The van der Waals surface area contributed by atoms with Crippen LogP contribution in [0.3, 0.4) is 0 Å². The Labute approximate surface area is 158 Å². The van der Waals surface area contributed by atoms with Crippen LogP contribution in [0.25, 0.3) is 22.3 Å². The maximum Gasteiger partial charge on any atom is 0.344 e. The average Bonchev–Trinajstić information content (AvgIpc) is 2.75. The van der Waals surface area contributed by atoms with Gasteiger partial charge < -0.3 is 4.74 Å². The van der Waals surface area contributed by atoms with Crippen LogP contribution in [0.5, 0.6) is 5.75 Å². The fraction of sp³-hybridized carbons (Fsp3) is 0. The molecule has 0 unspecified atom stereocenters. The third-order valence-electron chi connectivity index (χ3n) is 4.40. The molecule has 2 nitrogen and oxygen atoms in total. The lowest BCUT2D eigenvalue weighted by atomic mass is 9.92. The van der Waals surface area contributed by atoms with Crippen molar-refractivity contribution >= 4 is 5.97 Å². The molecule has 0 spiro atoms. The summed E-state index contributed by atoms with van der Waals surface area (Å²) in [7, 11) is 0. The van der Waals surface area contributed by atoms with E-state index >= 15 is 0 Å². The zero-order chi connectivity index (χ0) is 18.5. The minimum atomic E-state index is -0.361. The van der Waals surface area contributed by atoms with Gasteiger partial charge in [0, 0.05) is 0 Å². The van der Waals surface area contributed by atoms with Gasteiger partial charge >= 0.3 is 5.97 Å². The van der Waals surface area contributed by atoms with Gasteiger partial charge in [-0.1, -0.05) is 91.0 Å². The van der Waals surface area contributed by atoms with Crippen molar-refractivity contribution in [3.8, 4) is 28.0 Å². The number of hydrogen-bond donors (Lipinski definition) is 0. The monoisotopic (exact) mass is 350 g/mol. The molecule has 0 aliphatic heterocycles. The van der Waals surface area contributed by atoms with Crippen LogP contribution in [-0.4, -0.2) is 5.97 Å². The first-order valence-corrected chi connectivity index (χ1v) is 8.84. The lowest BCUT2D eigenvalue weighted by Crippen LogP contribution is -2.10. The third kappa shape index (κ3) is 3.65. The van der Waals surface area contributed by atoms with E-state index < -0.39 is 0 Å². The first-order valence-electron chi connectivity index (χ1n) is 8.84. The summed E-state index contributed by atoms with van der Waals surface area (Å²) < 4.78 is 5.57. The Bertz CT molecular complexity index is 1050. The van der Waals surface area contributed by atoms with Gasteiger partial charge in [0.2, 0.25) is 0 Å². The molecule has 0 amide bonds. The third-order valence-corrected chi connectivity index (χ3v) is 4.40. The standard InChI is InChI=1S/C25H18O2/c26-25(27-20-13-5-2-6-14-20)24-18-10-9-17-23(24)22-16-8-7-15-21(22)19-11-3-1-4-12-19/h1-18H. The summed E-state index contributed by atoms with van der Waals surface area (Å²) in [5.41, 5.74) is 4.60. The highest BCUT2D eigenvalue weighted by molar-refractivity contribution is 6.00. The maximum atomic E-state index is 12.8. The largest absolute Gasteiger partial charge is 0.423 e. The van der Waals surface area contributed by atoms with E-state index in [1.54, 1.807) is 12.1 Å². The van der Waals surface area contributed by atoms with E-state index in [2.05, 4.69) is 18.2 Å². The molecule has 0 N–H and O–H groups in total. The normalized spacial score (nSPS) is 10.4. The van der Waals surface area contributed by atoms with Crippen molar-refractivity contribution in [1.29, 1.82) is 0 Å². The Morgan fingerprint density at radius 2 is 1.04 bits per heavy atom. The molecule has 0 bridgehead atoms. The van der Waals surface area contributed by atoms with Crippen LogP contribution in [-0.2, 0) is 0 Å². The van der Waals surface area contributed by atoms with Gasteiger partial charge in [0.15, 0.2) is 0 Å². The van der Waals surface area contributed by atoms with Gasteiger partial charge in [-0.3, -0.25) is 0 Å². The zero-order valence-electron chi connectivity index (χ0n) is 14.7. The molecule has 0 saturated carbocycles. The predicted molar refractivity (Wildman–Crippen MR) is 109 cm³/mol. The molecule has 0 aromatic heterocycles. The summed E-state index contributed by atoms with van der Waals surface area (Å²) in [4.78, 5) is 12.8. The summed E-state index contributed by atoms with van der Waals surface area (Å²) in [6.45, 7) is 0. The van der Waals surface area contributed by atoms with Crippen molar-refractivity contribution in [2.75, 3.05) is 0 Å². The zero-order valence-corrected chi connectivity index (χ0v) is 14.7. The topological polar surface area (TPSA) is 26.3 Å². The lowest BCUT2D eigenvalue weighted by Gasteiger charge is -2.14. The molecule has 4 aromatic rings. The fourth-order valence-electron chi connectivity index (χ4n) is 3.13. The van der Waals surface area contributed by atoms with E-state index in [1.165, 1.54) is 0 Å². The number of para-hydroxylation sites is 1. The van der Waals surface area contributed by atoms with Crippen LogP contribution in [0, 0.1) is 0 Å². The highest BCUT2D eigenvalue weighted by Crippen LogP contribution is 2.34. The second kappa shape index (κ2) is 7.71. The Hall–Kier alpha value is -3.65. The van der Waals surface area contributed by atoms with Crippen LogP contribution >= 0.6 is 0 Å². The molecule has 0 aliphatic carbocycles. The van der Waals surface area contributed by atoms with Crippen molar-refractivity contribution < 1.29 is 9.53 Å². The van der Waals surface area contributed by atoms with Crippen molar-refractivity contribution in [2.24, 2.45) is 0 Å². The number of hydrogen-bond acceptors (Lipinski definition) is 2. The van der Waals surface area contributed by atoms with Crippen molar-refractivity contribution in [3.05, 3.63) is 115 Å². The van der Waals surface area contributed by atoms with Gasteiger partial charge in [-0.05, 0) is 40.5 Å². The molecule has 130 valence electrons. The number of ether oxygens (including phenoxy) is 1. The van der Waals surface area contributed by atoms with Crippen LogP contribution in [0.15, 0.2) is 109 Å². The first kappa shape index (κ1) is 16.8. The lowest BCUT2D eigenvalue weighted by molar-refractivity contribution is 0.0735.